The Morgan fingerprint density at radius 2 is 1.94 bits per heavy atom. The molecule has 2 N–H and O–H groups in total. The van der Waals surface area contributed by atoms with Crippen molar-refractivity contribution in [3.05, 3.63) is 29.8 Å². The Labute approximate surface area is 110 Å². The normalized spacial score (nSPS) is 28.6. The first kappa shape index (κ1) is 13.4. The van der Waals surface area contributed by atoms with Gasteiger partial charge in [0, 0.05) is 6.42 Å². The predicted molar refractivity (Wildman–Crippen MR) is 73.6 cm³/mol. The summed E-state index contributed by atoms with van der Waals surface area (Å²) in [6.45, 7) is 4.54. The van der Waals surface area contributed by atoms with Crippen LogP contribution in [0.15, 0.2) is 24.3 Å². The highest BCUT2D eigenvalue weighted by molar-refractivity contribution is 5.28. The van der Waals surface area contributed by atoms with Crippen LogP contribution in [-0.4, -0.2) is 15.8 Å². The lowest BCUT2D eigenvalue weighted by atomic mass is 9.72. The molecule has 2 heteroatoms. The van der Waals surface area contributed by atoms with Gasteiger partial charge in [0.15, 0.2) is 0 Å². The van der Waals surface area contributed by atoms with Gasteiger partial charge in [-0.15, -0.1) is 0 Å². The Kier molecular flexibility index (Phi) is 3.96. The number of hydrogen-bond donors (Lipinski definition) is 2. The molecule has 0 unspecified atom stereocenters. The van der Waals surface area contributed by atoms with Gasteiger partial charge in [-0.1, -0.05) is 26.0 Å². The van der Waals surface area contributed by atoms with Crippen molar-refractivity contribution in [3.8, 4) is 5.75 Å². The monoisotopic (exact) mass is 248 g/mol. The molecule has 2 rings (SSSR count). The minimum Gasteiger partial charge on any atom is -0.508 e. The van der Waals surface area contributed by atoms with Gasteiger partial charge >= 0.3 is 0 Å². The van der Waals surface area contributed by atoms with Crippen molar-refractivity contribution in [2.45, 2.75) is 51.6 Å². The van der Waals surface area contributed by atoms with Crippen molar-refractivity contribution in [1.82, 2.24) is 0 Å². The lowest BCUT2D eigenvalue weighted by Gasteiger charge is -2.37. The second-order valence-electron chi connectivity index (χ2n) is 6.15. The molecule has 0 aliphatic heterocycles. The van der Waals surface area contributed by atoms with Crippen LogP contribution in [0.3, 0.4) is 0 Å². The molecule has 0 saturated heterocycles. The van der Waals surface area contributed by atoms with Crippen LogP contribution in [-0.2, 0) is 6.42 Å². The van der Waals surface area contributed by atoms with E-state index in [4.69, 9.17) is 0 Å². The van der Waals surface area contributed by atoms with Crippen LogP contribution < -0.4 is 0 Å². The fourth-order valence-electron chi connectivity index (χ4n) is 3.07. The van der Waals surface area contributed by atoms with Crippen molar-refractivity contribution < 1.29 is 10.2 Å². The highest BCUT2D eigenvalue weighted by atomic mass is 16.3. The Morgan fingerprint density at radius 3 is 2.50 bits per heavy atom. The summed E-state index contributed by atoms with van der Waals surface area (Å²) in [5.74, 6) is 1.76. The minimum absolute atomic E-state index is 0.284. The van der Waals surface area contributed by atoms with Crippen molar-refractivity contribution in [2.75, 3.05) is 0 Å². The Bertz CT molecular complexity index is 390. The van der Waals surface area contributed by atoms with Crippen LogP contribution in [0.2, 0.25) is 0 Å². The molecule has 2 nitrogen and oxygen atoms in total. The molecule has 18 heavy (non-hydrogen) atoms. The lowest BCUT2D eigenvalue weighted by Crippen LogP contribution is -2.37. The summed E-state index contributed by atoms with van der Waals surface area (Å²) in [5.41, 5.74) is 0.458. The van der Waals surface area contributed by atoms with E-state index in [9.17, 15) is 10.2 Å². The molecule has 0 radical (unpaired) electrons. The highest BCUT2D eigenvalue weighted by Gasteiger charge is 2.34. The summed E-state index contributed by atoms with van der Waals surface area (Å²) in [7, 11) is 0. The fourth-order valence-corrected chi connectivity index (χ4v) is 3.07. The molecule has 0 atom stereocenters. The van der Waals surface area contributed by atoms with Crippen LogP contribution in [0.25, 0.3) is 0 Å². The van der Waals surface area contributed by atoms with E-state index < -0.39 is 5.60 Å². The maximum atomic E-state index is 10.6. The zero-order valence-electron chi connectivity index (χ0n) is 11.4. The average molecular weight is 248 g/mol. The number of phenols is 1. The molecule has 0 amide bonds. The first-order valence-electron chi connectivity index (χ1n) is 6.99. The van der Waals surface area contributed by atoms with Crippen LogP contribution in [0.5, 0.6) is 5.75 Å². The van der Waals surface area contributed by atoms with Crippen molar-refractivity contribution in [3.63, 3.8) is 0 Å². The third-order valence-electron chi connectivity index (χ3n) is 4.35. The molecule has 1 aliphatic rings. The smallest absolute Gasteiger partial charge is 0.115 e. The molecule has 1 saturated carbocycles. The minimum atomic E-state index is -0.570. The van der Waals surface area contributed by atoms with Crippen molar-refractivity contribution >= 4 is 0 Å². The molecule has 100 valence electrons. The van der Waals surface area contributed by atoms with E-state index in [2.05, 4.69) is 13.8 Å². The molecule has 0 spiro atoms. The predicted octanol–water partition coefficient (Wildman–Crippen LogP) is 3.51. The van der Waals surface area contributed by atoms with Gasteiger partial charge < -0.3 is 10.2 Å². The van der Waals surface area contributed by atoms with E-state index in [-0.39, 0.29) is 5.75 Å². The summed E-state index contributed by atoms with van der Waals surface area (Å²) >= 11 is 0. The highest BCUT2D eigenvalue weighted by Crippen LogP contribution is 2.37. The number of aromatic hydroxyl groups is 1. The van der Waals surface area contributed by atoms with Crippen LogP contribution in [0, 0.1) is 11.8 Å². The molecular weight excluding hydrogens is 224 g/mol. The summed E-state index contributed by atoms with van der Waals surface area (Å²) in [4.78, 5) is 0. The van der Waals surface area contributed by atoms with Gasteiger partial charge in [-0.05, 0) is 55.2 Å². The molecule has 1 aromatic carbocycles. The Balaban J connectivity index is 1.97. The number of rotatable bonds is 3. The van der Waals surface area contributed by atoms with E-state index in [0.717, 1.165) is 43.1 Å². The number of benzene rings is 1. The van der Waals surface area contributed by atoms with Crippen LogP contribution in [0.4, 0.5) is 0 Å². The lowest BCUT2D eigenvalue weighted by molar-refractivity contribution is -0.0146. The third-order valence-corrected chi connectivity index (χ3v) is 4.35. The van der Waals surface area contributed by atoms with Crippen molar-refractivity contribution in [1.29, 1.82) is 0 Å². The van der Waals surface area contributed by atoms with Gasteiger partial charge in [0.25, 0.3) is 0 Å². The summed E-state index contributed by atoms with van der Waals surface area (Å²) in [5, 5.41) is 20.1. The zero-order valence-corrected chi connectivity index (χ0v) is 11.4. The SMILES string of the molecule is CC(C)C1CCC(O)(Cc2cccc(O)c2)CC1. The average Bonchev–Trinajstić information content (AvgIpc) is 2.29. The van der Waals surface area contributed by atoms with Gasteiger partial charge in [0.1, 0.15) is 5.75 Å². The quantitative estimate of drug-likeness (QED) is 0.859. The van der Waals surface area contributed by atoms with Gasteiger partial charge in [0.2, 0.25) is 0 Å². The van der Waals surface area contributed by atoms with Gasteiger partial charge in [0.05, 0.1) is 5.60 Å². The number of aliphatic hydroxyl groups is 1. The maximum absolute atomic E-state index is 10.6. The van der Waals surface area contributed by atoms with Gasteiger partial charge in [-0.25, -0.2) is 0 Å². The third kappa shape index (κ3) is 3.26. The van der Waals surface area contributed by atoms with Crippen LogP contribution in [0.1, 0.15) is 45.1 Å². The molecule has 1 fully saturated rings. The molecule has 1 aliphatic carbocycles. The zero-order chi connectivity index (χ0) is 13.2. The maximum Gasteiger partial charge on any atom is 0.115 e. The Morgan fingerprint density at radius 1 is 1.28 bits per heavy atom. The van der Waals surface area contributed by atoms with Gasteiger partial charge in [-0.3, -0.25) is 0 Å². The van der Waals surface area contributed by atoms with E-state index >= 15 is 0 Å². The van der Waals surface area contributed by atoms with E-state index in [0.29, 0.717) is 6.42 Å². The second-order valence-corrected chi connectivity index (χ2v) is 6.15. The number of hydrogen-bond acceptors (Lipinski definition) is 2. The van der Waals surface area contributed by atoms with E-state index in [1.807, 2.05) is 12.1 Å². The van der Waals surface area contributed by atoms with Crippen LogP contribution >= 0.6 is 0 Å². The summed E-state index contributed by atoms with van der Waals surface area (Å²) in [6, 6.07) is 7.25. The Hall–Kier alpha value is -1.02. The summed E-state index contributed by atoms with van der Waals surface area (Å²) < 4.78 is 0. The van der Waals surface area contributed by atoms with Crippen molar-refractivity contribution in [2.24, 2.45) is 11.8 Å². The molecular formula is C16H24O2. The summed E-state index contributed by atoms with van der Waals surface area (Å²) in [6.07, 6.45) is 4.66. The van der Waals surface area contributed by atoms with E-state index in [1.54, 1.807) is 12.1 Å². The molecule has 0 aromatic heterocycles. The number of phenolic OH excluding ortho intramolecular Hbond substituents is 1. The second kappa shape index (κ2) is 5.31. The topological polar surface area (TPSA) is 40.5 Å². The fraction of sp³-hybridized carbons (Fsp3) is 0.625. The molecule has 1 aromatic rings. The van der Waals surface area contributed by atoms with E-state index in [1.165, 1.54) is 0 Å². The standard InChI is InChI=1S/C16H24O2/c1-12(2)14-6-8-16(18,9-7-14)11-13-4-3-5-15(17)10-13/h3-5,10,12,14,17-18H,6-9,11H2,1-2H3. The van der Waals surface area contributed by atoms with Gasteiger partial charge in [-0.2, -0.15) is 0 Å². The molecule has 0 bridgehead atoms. The first-order valence-corrected chi connectivity index (χ1v) is 6.99. The first-order chi connectivity index (χ1) is 8.48. The largest absolute Gasteiger partial charge is 0.508 e. The molecule has 0 heterocycles.